The first kappa shape index (κ1) is 20.4. The van der Waals surface area contributed by atoms with E-state index in [9.17, 15) is 0 Å². The van der Waals surface area contributed by atoms with E-state index in [1.807, 2.05) is 41.7 Å². The molecule has 24 heavy (non-hydrogen) atoms. The van der Waals surface area contributed by atoms with Crippen LogP contribution in [0.25, 0.3) is 0 Å². The molecule has 5 heteroatoms. The van der Waals surface area contributed by atoms with Crippen LogP contribution in [-0.4, -0.2) is 20.2 Å². The van der Waals surface area contributed by atoms with Crippen molar-refractivity contribution in [1.82, 2.24) is 20.2 Å². The molecule has 1 saturated carbocycles. The molecule has 0 spiro atoms. The Morgan fingerprint density at radius 3 is 1.58 bits per heavy atom. The fourth-order valence-corrected chi connectivity index (χ4v) is 2.65. The number of rotatable bonds is 0. The van der Waals surface area contributed by atoms with Crippen molar-refractivity contribution in [3.05, 3.63) is 28.4 Å². The smallest absolute Gasteiger partial charge is 0.136 e. The molecule has 0 bridgehead atoms. The van der Waals surface area contributed by atoms with Crippen molar-refractivity contribution in [2.75, 3.05) is 0 Å². The fourth-order valence-electron chi connectivity index (χ4n) is 2.65. The van der Waals surface area contributed by atoms with Gasteiger partial charge in [0.05, 0.1) is 17.1 Å². The zero-order valence-corrected chi connectivity index (χ0v) is 16.8. The van der Waals surface area contributed by atoms with Crippen LogP contribution in [0, 0.1) is 52.4 Å². The summed E-state index contributed by atoms with van der Waals surface area (Å²) < 4.78 is 6.60. The molecule has 2 heterocycles. The minimum Gasteiger partial charge on any atom is -0.361 e. The summed E-state index contributed by atoms with van der Waals surface area (Å²) in [6.07, 6.45) is 2.92. The van der Waals surface area contributed by atoms with Gasteiger partial charge in [0.15, 0.2) is 0 Å². The van der Waals surface area contributed by atoms with Crippen LogP contribution in [0.1, 0.15) is 62.0 Å². The molecule has 1 aliphatic rings. The van der Waals surface area contributed by atoms with Gasteiger partial charge in [-0.1, -0.05) is 44.0 Å². The number of aryl methyl sites for hydroxylation is 4. The molecule has 3 rings (SSSR count). The van der Waals surface area contributed by atoms with Crippen LogP contribution in [0.3, 0.4) is 0 Å². The minimum atomic E-state index is 0.919. The van der Waals surface area contributed by atoms with Crippen LogP contribution in [0.2, 0.25) is 0 Å². The van der Waals surface area contributed by atoms with Gasteiger partial charge in [-0.15, -0.1) is 5.10 Å². The largest absolute Gasteiger partial charge is 0.361 e. The van der Waals surface area contributed by atoms with Crippen LogP contribution < -0.4 is 0 Å². The third kappa shape index (κ3) is 5.46. The van der Waals surface area contributed by atoms with Gasteiger partial charge in [0.2, 0.25) is 0 Å². The van der Waals surface area contributed by atoms with Crippen LogP contribution in [0.5, 0.6) is 0 Å². The van der Waals surface area contributed by atoms with Crippen LogP contribution in [0.15, 0.2) is 4.52 Å². The standard InChI is InChI=1S/C8H16.C6H9NO.C5H9N3/c1-6-4-5-7(2)8(6)3;1-4-5(2)7-8-6(4)3;1-4-5(2)8(3)7-6-4/h6-8H,4-5H2,1-3H3;2*1-3H3/t6-,7+,8?;;. The Kier molecular flexibility index (Phi) is 7.64. The number of aromatic nitrogens is 4. The van der Waals surface area contributed by atoms with Crippen LogP contribution in [0.4, 0.5) is 0 Å². The second-order valence-corrected chi connectivity index (χ2v) is 7.22. The van der Waals surface area contributed by atoms with E-state index in [0.29, 0.717) is 0 Å². The first-order valence-corrected chi connectivity index (χ1v) is 8.87. The van der Waals surface area contributed by atoms with Gasteiger partial charge in [0, 0.05) is 12.6 Å². The lowest BCUT2D eigenvalue weighted by Crippen LogP contribution is -2.04. The first-order valence-electron chi connectivity index (χ1n) is 8.87. The molecule has 2 aromatic heterocycles. The third-order valence-electron chi connectivity index (χ3n) is 5.60. The minimum absolute atomic E-state index is 0.919. The summed E-state index contributed by atoms with van der Waals surface area (Å²) in [4.78, 5) is 0. The fraction of sp³-hybridized carbons (Fsp3) is 0.737. The topological polar surface area (TPSA) is 56.7 Å². The Balaban J connectivity index is 0.000000180. The van der Waals surface area contributed by atoms with Crippen LogP contribution in [-0.2, 0) is 7.05 Å². The predicted molar refractivity (Wildman–Crippen MR) is 97.9 cm³/mol. The Bertz CT molecular complexity index is 536. The van der Waals surface area contributed by atoms with E-state index in [1.165, 1.54) is 12.8 Å². The van der Waals surface area contributed by atoms with Crippen molar-refractivity contribution in [2.45, 2.75) is 68.2 Å². The van der Waals surface area contributed by atoms with Crippen molar-refractivity contribution in [3.8, 4) is 0 Å². The van der Waals surface area contributed by atoms with Gasteiger partial charge in [0.1, 0.15) is 5.76 Å². The van der Waals surface area contributed by atoms with Crippen molar-refractivity contribution in [3.63, 3.8) is 0 Å². The molecule has 3 atom stereocenters. The highest BCUT2D eigenvalue weighted by atomic mass is 16.5. The maximum atomic E-state index is 4.84. The molecular weight excluding hydrogens is 300 g/mol. The zero-order valence-electron chi connectivity index (χ0n) is 16.8. The summed E-state index contributed by atoms with van der Waals surface area (Å²) in [6.45, 7) is 16.9. The maximum absolute atomic E-state index is 4.84. The molecule has 136 valence electrons. The third-order valence-corrected chi connectivity index (χ3v) is 5.60. The Labute approximate surface area is 146 Å². The lowest BCUT2D eigenvalue weighted by molar-refractivity contribution is 0.380. The molecule has 2 aromatic rings. The summed E-state index contributed by atoms with van der Waals surface area (Å²) >= 11 is 0. The normalized spacial score (nSPS) is 22.5. The second-order valence-electron chi connectivity index (χ2n) is 7.22. The van der Waals surface area contributed by atoms with E-state index in [-0.39, 0.29) is 0 Å². The number of hydrogen-bond donors (Lipinski definition) is 0. The summed E-state index contributed by atoms with van der Waals surface area (Å²) in [5, 5.41) is 11.4. The van der Waals surface area contributed by atoms with E-state index in [0.717, 1.165) is 46.2 Å². The van der Waals surface area contributed by atoms with Gasteiger partial charge < -0.3 is 4.52 Å². The van der Waals surface area contributed by atoms with Gasteiger partial charge in [0.25, 0.3) is 0 Å². The Morgan fingerprint density at radius 2 is 1.46 bits per heavy atom. The van der Waals surface area contributed by atoms with Gasteiger partial charge >= 0.3 is 0 Å². The second kappa shape index (κ2) is 9.00. The summed E-state index contributed by atoms with van der Waals surface area (Å²) in [7, 11) is 1.88. The van der Waals surface area contributed by atoms with Crippen LogP contribution >= 0.6 is 0 Å². The molecule has 0 aromatic carbocycles. The van der Waals surface area contributed by atoms with Crippen molar-refractivity contribution in [1.29, 1.82) is 0 Å². The molecule has 5 nitrogen and oxygen atoms in total. The average molecular weight is 335 g/mol. The van der Waals surface area contributed by atoms with E-state index >= 15 is 0 Å². The monoisotopic (exact) mass is 334 g/mol. The van der Waals surface area contributed by atoms with E-state index in [1.54, 1.807) is 4.68 Å². The van der Waals surface area contributed by atoms with Gasteiger partial charge in [-0.2, -0.15) is 0 Å². The molecule has 1 aliphatic carbocycles. The van der Waals surface area contributed by atoms with Crippen molar-refractivity contribution >= 4 is 0 Å². The zero-order chi connectivity index (χ0) is 18.4. The molecule has 0 N–H and O–H groups in total. The van der Waals surface area contributed by atoms with E-state index < -0.39 is 0 Å². The van der Waals surface area contributed by atoms with E-state index in [2.05, 4.69) is 36.2 Å². The molecule has 1 unspecified atom stereocenters. The van der Waals surface area contributed by atoms with Crippen molar-refractivity contribution < 1.29 is 4.52 Å². The summed E-state index contributed by atoms with van der Waals surface area (Å²) in [6, 6.07) is 0. The molecule has 0 radical (unpaired) electrons. The highest BCUT2D eigenvalue weighted by Gasteiger charge is 2.25. The molecule has 0 aliphatic heterocycles. The van der Waals surface area contributed by atoms with Gasteiger partial charge in [-0.3, -0.25) is 4.68 Å². The molecular formula is C19H34N4O. The maximum Gasteiger partial charge on any atom is 0.136 e. The highest BCUT2D eigenvalue weighted by Crippen LogP contribution is 2.35. The van der Waals surface area contributed by atoms with Gasteiger partial charge in [-0.25, -0.2) is 0 Å². The summed E-state index contributed by atoms with van der Waals surface area (Å²) in [5.74, 6) is 3.88. The molecule has 0 amide bonds. The summed E-state index contributed by atoms with van der Waals surface area (Å²) in [5.41, 5.74) is 4.28. The Morgan fingerprint density at radius 1 is 0.917 bits per heavy atom. The van der Waals surface area contributed by atoms with Gasteiger partial charge in [-0.05, 0) is 52.4 Å². The highest BCUT2D eigenvalue weighted by molar-refractivity contribution is 5.17. The lowest BCUT2D eigenvalue weighted by atomic mass is 9.94. The average Bonchev–Trinajstić information content (AvgIpc) is 3.13. The number of hydrogen-bond acceptors (Lipinski definition) is 4. The van der Waals surface area contributed by atoms with Crippen molar-refractivity contribution in [2.24, 2.45) is 24.8 Å². The Hall–Kier alpha value is -1.65. The SMILES string of the molecule is CC1[C@H](C)CC[C@@H]1C.Cc1nnn(C)c1C.Cc1noc(C)c1C. The quantitative estimate of drug-likeness (QED) is 0.699. The molecule has 1 fully saturated rings. The molecule has 0 saturated heterocycles. The lowest BCUT2D eigenvalue weighted by Gasteiger charge is -2.11. The van der Waals surface area contributed by atoms with E-state index in [4.69, 9.17) is 4.52 Å². The predicted octanol–water partition coefficient (Wildman–Crippen LogP) is 4.72. The number of nitrogens with zero attached hydrogens (tertiary/aromatic N) is 4. The first-order chi connectivity index (χ1) is 11.1.